The number of imide groups is 1. The molecule has 0 aromatic heterocycles. The van der Waals surface area contributed by atoms with Gasteiger partial charge in [-0.15, -0.1) is 0 Å². The molecular formula is C26H19Cl3N2O5S. The maximum atomic E-state index is 12.9. The van der Waals surface area contributed by atoms with Crippen molar-refractivity contribution in [1.82, 2.24) is 4.90 Å². The van der Waals surface area contributed by atoms with Crippen LogP contribution in [-0.4, -0.2) is 35.7 Å². The minimum absolute atomic E-state index is 0.0765. The zero-order valence-electron chi connectivity index (χ0n) is 19.3. The largest absolute Gasteiger partial charge is 0.493 e. The number of hydrogen-bond acceptors (Lipinski definition) is 6. The highest BCUT2D eigenvalue weighted by Gasteiger charge is 2.35. The molecule has 11 heteroatoms. The van der Waals surface area contributed by atoms with Crippen LogP contribution >= 0.6 is 46.6 Å². The molecule has 1 saturated heterocycles. The Balaban J connectivity index is 1.42. The fourth-order valence-corrected chi connectivity index (χ4v) is 4.66. The molecule has 1 aliphatic rings. The Hall–Kier alpha value is -3.17. The van der Waals surface area contributed by atoms with Gasteiger partial charge < -0.3 is 14.8 Å². The molecule has 0 bridgehead atoms. The van der Waals surface area contributed by atoms with Crippen LogP contribution in [0.5, 0.6) is 11.5 Å². The molecule has 3 amide bonds. The van der Waals surface area contributed by atoms with Crippen molar-refractivity contribution in [2.45, 2.75) is 6.54 Å². The van der Waals surface area contributed by atoms with E-state index in [1.54, 1.807) is 66.7 Å². The summed E-state index contributed by atoms with van der Waals surface area (Å²) in [4.78, 5) is 39.0. The van der Waals surface area contributed by atoms with E-state index < -0.39 is 5.91 Å². The van der Waals surface area contributed by atoms with Gasteiger partial charge in [-0.2, -0.15) is 0 Å². The summed E-state index contributed by atoms with van der Waals surface area (Å²) in [6, 6.07) is 16.6. The molecule has 0 radical (unpaired) electrons. The number of anilines is 1. The average molecular weight is 578 g/mol. The van der Waals surface area contributed by atoms with Crippen LogP contribution in [0, 0.1) is 0 Å². The second-order valence-electron chi connectivity index (χ2n) is 7.77. The number of hydrogen-bond donors (Lipinski definition) is 1. The second-order valence-corrected chi connectivity index (χ2v) is 10.0. The summed E-state index contributed by atoms with van der Waals surface area (Å²) in [5.74, 6) is -0.0648. The molecule has 37 heavy (non-hydrogen) atoms. The van der Waals surface area contributed by atoms with Crippen molar-refractivity contribution in [3.63, 3.8) is 0 Å². The highest BCUT2D eigenvalue weighted by atomic mass is 35.5. The quantitative estimate of drug-likeness (QED) is 0.293. The molecule has 0 spiro atoms. The van der Waals surface area contributed by atoms with Gasteiger partial charge in [-0.1, -0.05) is 46.9 Å². The standard InChI is InChI=1S/C26H19Cl3N2O5S/c1-35-22-11-15(3-9-21(22)36-14-24(32)30-18-6-4-17(27)5-7-18)12-23-25(33)31(26(34)37-23)13-16-2-8-19(28)20(29)10-16/h2-12H,13-14H2,1H3,(H,30,32)/b23-12-. The van der Waals surface area contributed by atoms with E-state index in [0.717, 1.165) is 16.7 Å². The fraction of sp³-hybridized carbons (Fsp3) is 0.115. The average Bonchev–Trinajstić information content (AvgIpc) is 3.14. The normalized spacial score (nSPS) is 14.3. The molecule has 0 aliphatic carbocycles. The Morgan fingerprint density at radius 2 is 1.73 bits per heavy atom. The van der Waals surface area contributed by atoms with Crippen molar-refractivity contribution < 1.29 is 23.9 Å². The summed E-state index contributed by atoms with van der Waals surface area (Å²) in [7, 11) is 1.46. The van der Waals surface area contributed by atoms with Gasteiger partial charge in [0.2, 0.25) is 0 Å². The van der Waals surface area contributed by atoms with E-state index in [1.807, 2.05) is 0 Å². The number of thioether (sulfide) groups is 1. The second kappa shape index (κ2) is 11.9. The summed E-state index contributed by atoms with van der Waals surface area (Å²) in [6.45, 7) is -0.168. The number of rotatable bonds is 8. The molecule has 0 saturated carbocycles. The third-order valence-corrected chi connectivity index (χ3v) is 7.07. The lowest BCUT2D eigenvalue weighted by molar-refractivity contribution is -0.123. The van der Waals surface area contributed by atoms with Gasteiger partial charge in [-0.25, -0.2) is 0 Å². The Morgan fingerprint density at radius 3 is 2.43 bits per heavy atom. The highest BCUT2D eigenvalue weighted by molar-refractivity contribution is 8.18. The zero-order chi connectivity index (χ0) is 26.5. The molecule has 3 aromatic rings. The van der Waals surface area contributed by atoms with Crippen LogP contribution in [0.25, 0.3) is 6.08 Å². The van der Waals surface area contributed by atoms with Crippen LogP contribution in [-0.2, 0) is 16.1 Å². The molecule has 7 nitrogen and oxygen atoms in total. The molecule has 1 N–H and O–H groups in total. The summed E-state index contributed by atoms with van der Waals surface area (Å²) in [6.07, 6.45) is 1.60. The first-order valence-electron chi connectivity index (χ1n) is 10.8. The van der Waals surface area contributed by atoms with E-state index >= 15 is 0 Å². The maximum absolute atomic E-state index is 12.9. The molecule has 0 unspecified atom stereocenters. The van der Waals surface area contributed by atoms with Crippen LogP contribution in [0.3, 0.4) is 0 Å². The van der Waals surface area contributed by atoms with Crippen LogP contribution in [0.4, 0.5) is 10.5 Å². The number of nitrogens with one attached hydrogen (secondary N) is 1. The Kier molecular flexibility index (Phi) is 8.66. The first-order chi connectivity index (χ1) is 17.7. The number of carbonyl (C=O) groups excluding carboxylic acids is 3. The monoisotopic (exact) mass is 576 g/mol. The lowest BCUT2D eigenvalue weighted by Crippen LogP contribution is -2.27. The topological polar surface area (TPSA) is 84.9 Å². The smallest absolute Gasteiger partial charge is 0.293 e. The van der Waals surface area contributed by atoms with Crippen molar-refractivity contribution in [3.8, 4) is 11.5 Å². The molecule has 1 aliphatic heterocycles. The van der Waals surface area contributed by atoms with Crippen LogP contribution in [0.15, 0.2) is 65.6 Å². The van der Waals surface area contributed by atoms with E-state index in [1.165, 1.54) is 7.11 Å². The fourth-order valence-electron chi connectivity index (χ4n) is 3.38. The van der Waals surface area contributed by atoms with Crippen molar-refractivity contribution >= 4 is 75.4 Å². The minimum Gasteiger partial charge on any atom is -0.493 e. The van der Waals surface area contributed by atoms with Gasteiger partial charge >= 0.3 is 0 Å². The number of amides is 3. The third kappa shape index (κ3) is 6.78. The third-order valence-electron chi connectivity index (χ3n) is 5.17. The van der Waals surface area contributed by atoms with E-state index in [4.69, 9.17) is 44.3 Å². The summed E-state index contributed by atoms with van der Waals surface area (Å²) >= 11 is 18.7. The van der Waals surface area contributed by atoms with Gasteiger partial charge in [-0.05, 0) is 77.5 Å². The summed E-state index contributed by atoms with van der Waals surface area (Å²) < 4.78 is 11.0. The van der Waals surface area contributed by atoms with Crippen molar-refractivity contribution in [2.75, 3.05) is 19.0 Å². The number of nitrogens with zero attached hydrogens (tertiary/aromatic N) is 1. The van der Waals surface area contributed by atoms with Crippen LogP contribution < -0.4 is 14.8 Å². The minimum atomic E-state index is -0.417. The Bertz CT molecular complexity index is 1400. The number of methoxy groups -OCH3 is 1. The van der Waals surface area contributed by atoms with Crippen LogP contribution in [0.2, 0.25) is 15.1 Å². The Labute approximate surface area is 232 Å². The van der Waals surface area contributed by atoms with E-state index in [-0.39, 0.29) is 29.2 Å². The van der Waals surface area contributed by atoms with Gasteiger partial charge in [-0.3, -0.25) is 19.3 Å². The molecule has 4 rings (SSSR count). The number of halogens is 3. The van der Waals surface area contributed by atoms with Gasteiger partial charge in [0.15, 0.2) is 18.1 Å². The van der Waals surface area contributed by atoms with Crippen molar-refractivity contribution in [3.05, 3.63) is 91.8 Å². The molecular weight excluding hydrogens is 559 g/mol. The van der Waals surface area contributed by atoms with Crippen molar-refractivity contribution in [1.29, 1.82) is 0 Å². The van der Waals surface area contributed by atoms with E-state index in [2.05, 4.69) is 5.32 Å². The first-order valence-corrected chi connectivity index (χ1v) is 12.7. The first kappa shape index (κ1) is 26.9. The number of ether oxygens (including phenoxy) is 2. The van der Waals surface area contributed by atoms with Crippen LogP contribution in [0.1, 0.15) is 11.1 Å². The van der Waals surface area contributed by atoms with E-state index in [9.17, 15) is 14.4 Å². The molecule has 190 valence electrons. The van der Waals surface area contributed by atoms with Gasteiger partial charge in [0, 0.05) is 10.7 Å². The van der Waals surface area contributed by atoms with Gasteiger partial charge in [0.25, 0.3) is 17.1 Å². The molecule has 3 aromatic carbocycles. The lowest BCUT2D eigenvalue weighted by Gasteiger charge is -2.13. The Morgan fingerprint density at radius 1 is 0.973 bits per heavy atom. The van der Waals surface area contributed by atoms with Crippen molar-refractivity contribution in [2.24, 2.45) is 0 Å². The lowest BCUT2D eigenvalue weighted by atomic mass is 10.1. The molecule has 0 atom stereocenters. The van der Waals surface area contributed by atoms with Gasteiger partial charge in [0.05, 0.1) is 28.6 Å². The maximum Gasteiger partial charge on any atom is 0.293 e. The van der Waals surface area contributed by atoms with Gasteiger partial charge in [0.1, 0.15) is 0 Å². The van der Waals surface area contributed by atoms with E-state index in [0.29, 0.717) is 43.4 Å². The highest BCUT2D eigenvalue weighted by Crippen LogP contribution is 2.36. The number of carbonyl (C=O) groups is 3. The molecule has 1 heterocycles. The SMILES string of the molecule is COc1cc(/C=C2\SC(=O)N(Cc3ccc(Cl)c(Cl)c3)C2=O)ccc1OCC(=O)Nc1ccc(Cl)cc1. The predicted octanol–water partition coefficient (Wildman–Crippen LogP) is 6.91. The summed E-state index contributed by atoms with van der Waals surface area (Å²) in [5, 5.41) is 3.62. The number of benzene rings is 3. The predicted molar refractivity (Wildman–Crippen MR) is 147 cm³/mol. The summed E-state index contributed by atoms with van der Waals surface area (Å²) in [5.41, 5.74) is 1.89. The molecule has 1 fully saturated rings. The zero-order valence-corrected chi connectivity index (χ0v) is 22.4.